The van der Waals surface area contributed by atoms with E-state index in [4.69, 9.17) is 9.47 Å². The van der Waals surface area contributed by atoms with Crippen molar-refractivity contribution >= 4 is 6.08 Å². The number of rotatable bonds is 5. The van der Waals surface area contributed by atoms with Gasteiger partial charge in [-0.05, 0) is 41.5 Å². The second-order valence-electron chi connectivity index (χ2n) is 8.88. The van der Waals surface area contributed by atoms with Crippen molar-refractivity contribution in [3.8, 4) is 22.3 Å². The number of halogens is 3. The Morgan fingerprint density at radius 3 is 2.12 bits per heavy atom. The molecule has 0 spiro atoms. The molecule has 0 aromatic heterocycles. The minimum absolute atomic E-state index is 0.0765. The van der Waals surface area contributed by atoms with E-state index in [2.05, 4.69) is 6.92 Å². The minimum atomic E-state index is -0.894. The number of hydrogen-bond acceptors (Lipinski definition) is 2. The summed E-state index contributed by atoms with van der Waals surface area (Å²) in [6.45, 7) is 3.35. The Bertz CT molecular complexity index is 1170. The molecular formula is C28H25F3O2. The van der Waals surface area contributed by atoms with Crippen molar-refractivity contribution in [2.45, 2.75) is 32.0 Å². The fourth-order valence-electron chi connectivity index (χ4n) is 4.24. The highest BCUT2D eigenvalue weighted by Gasteiger charge is 2.30. The Labute approximate surface area is 191 Å². The molecule has 5 rings (SSSR count). The van der Waals surface area contributed by atoms with Crippen LogP contribution in [0.15, 0.2) is 60.7 Å². The third kappa shape index (κ3) is 4.75. The first-order valence-corrected chi connectivity index (χ1v) is 11.3. The van der Waals surface area contributed by atoms with Gasteiger partial charge in [0.15, 0.2) is 11.6 Å². The predicted molar refractivity (Wildman–Crippen MR) is 123 cm³/mol. The molecule has 2 saturated heterocycles. The zero-order valence-electron chi connectivity index (χ0n) is 18.4. The van der Waals surface area contributed by atoms with E-state index in [-0.39, 0.29) is 29.2 Å². The van der Waals surface area contributed by atoms with E-state index in [1.165, 1.54) is 6.07 Å². The Balaban J connectivity index is 1.32. The van der Waals surface area contributed by atoms with Crippen LogP contribution in [-0.4, -0.2) is 19.3 Å². The number of benzene rings is 3. The molecule has 5 heteroatoms. The normalized spacial score (nSPS) is 22.6. The van der Waals surface area contributed by atoms with E-state index in [0.29, 0.717) is 29.2 Å². The molecule has 3 aromatic rings. The summed E-state index contributed by atoms with van der Waals surface area (Å²) in [6, 6.07) is 15.0. The van der Waals surface area contributed by atoms with Gasteiger partial charge in [0.25, 0.3) is 0 Å². The average Bonchev–Trinajstić information content (AvgIpc) is 3.66. The minimum Gasteiger partial charge on any atom is -0.374 e. The zero-order chi connectivity index (χ0) is 22.9. The Morgan fingerprint density at radius 2 is 1.48 bits per heavy atom. The summed E-state index contributed by atoms with van der Waals surface area (Å²) in [7, 11) is 0. The van der Waals surface area contributed by atoms with E-state index in [1.54, 1.807) is 42.5 Å². The molecule has 0 amide bonds. The Hall–Kier alpha value is -2.89. The van der Waals surface area contributed by atoms with Gasteiger partial charge in [-0.15, -0.1) is 0 Å². The Morgan fingerprint density at radius 1 is 0.788 bits per heavy atom. The molecule has 2 aliphatic heterocycles. The first-order chi connectivity index (χ1) is 16.0. The van der Waals surface area contributed by atoms with Gasteiger partial charge in [0.05, 0.1) is 12.7 Å². The van der Waals surface area contributed by atoms with Crippen LogP contribution in [0.5, 0.6) is 0 Å². The van der Waals surface area contributed by atoms with Gasteiger partial charge in [-0.3, -0.25) is 0 Å². The molecule has 3 unspecified atom stereocenters. The lowest BCUT2D eigenvalue weighted by Crippen LogP contribution is -2.22. The van der Waals surface area contributed by atoms with E-state index in [9.17, 15) is 13.2 Å². The molecule has 2 heterocycles. The van der Waals surface area contributed by atoms with Crippen LogP contribution >= 0.6 is 0 Å². The number of ether oxygens (including phenoxy) is 2. The highest BCUT2D eigenvalue weighted by atomic mass is 19.2. The monoisotopic (exact) mass is 450 g/mol. The van der Waals surface area contributed by atoms with Crippen molar-refractivity contribution in [2.24, 2.45) is 5.92 Å². The molecule has 0 radical (unpaired) electrons. The van der Waals surface area contributed by atoms with Crippen LogP contribution in [0.3, 0.4) is 0 Å². The SMILES string of the molecule is CC1CCC(/C=C/c2ccc(-c3ccc(-c4ccc(C5CO5)c(F)c4F)cc3)c(F)c2)OC1. The largest absolute Gasteiger partial charge is 0.374 e. The third-order valence-corrected chi connectivity index (χ3v) is 6.33. The van der Waals surface area contributed by atoms with Gasteiger partial charge in [-0.2, -0.15) is 0 Å². The van der Waals surface area contributed by atoms with Gasteiger partial charge in [-0.25, -0.2) is 13.2 Å². The summed E-state index contributed by atoms with van der Waals surface area (Å²) in [6.07, 6.45) is 5.72. The molecule has 2 fully saturated rings. The standard InChI is InChI=1S/C28H25F3O2/c1-17-2-9-21(32-15-17)10-3-18-4-11-22(25(29)14-18)19-5-7-20(8-6-19)23-12-13-24(26-16-33-26)28(31)27(23)30/h3-8,10-14,17,21,26H,2,9,15-16H2,1H3/b10-3+. The lowest BCUT2D eigenvalue weighted by Gasteiger charge is -2.24. The summed E-state index contributed by atoms with van der Waals surface area (Å²) in [5, 5.41) is 0. The fourth-order valence-corrected chi connectivity index (χ4v) is 4.24. The summed E-state index contributed by atoms with van der Waals surface area (Å²) in [5.74, 6) is -1.52. The number of hydrogen-bond donors (Lipinski definition) is 0. The van der Waals surface area contributed by atoms with E-state index in [0.717, 1.165) is 25.0 Å². The third-order valence-electron chi connectivity index (χ3n) is 6.33. The van der Waals surface area contributed by atoms with E-state index >= 15 is 0 Å². The predicted octanol–water partition coefficient (Wildman–Crippen LogP) is 7.34. The molecule has 0 N–H and O–H groups in total. The van der Waals surface area contributed by atoms with E-state index in [1.807, 2.05) is 18.2 Å². The van der Waals surface area contributed by atoms with Gasteiger partial charge in [0, 0.05) is 23.3 Å². The maximum Gasteiger partial charge on any atom is 0.167 e. The first-order valence-electron chi connectivity index (χ1n) is 11.3. The van der Waals surface area contributed by atoms with Crippen LogP contribution in [0.4, 0.5) is 13.2 Å². The summed E-state index contributed by atoms with van der Waals surface area (Å²) >= 11 is 0. The molecule has 3 atom stereocenters. The van der Waals surface area contributed by atoms with Crippen LogP contribution < -0.4 is 0 Å². The van der Waals surface area contributed by atoms with Gasteiger partial charge in [0.2, 0.25) is 0 Å². The van der Waals surface area contributed by atoms with Crippen LogP contribution in [-0.2, 0) is 9.47 Å². The molecule has 2 nitrogen and oxygen atoms in total. The highest BCUT2D eigenvalue weighted by Crippen LogP contribution is 2.36. The molecular weight excluding hydrogens is 425 g/mol. The average molecular weight is 451 g/mol. The van der Waals surface area contributed by atoms with Crippen LogP contribution in [0.1, 0.15) is 37.0 Å². The molecule has 33 heavy (non-hydrogen) atoms. The number of epoxide rings is 1. The smallest absolute Gasteiger partial charge is 0.167 e. The zero-order valence-corrected chi connectivity index (χ0v) is 18.4. The van der Waals surface area contributed by atoms with Crippen molar-refractivity contribution < 1.29 is 22.6 Å². The van der Waals surface area contributed by atoms with Crippen molar-refractivity contribution in [3.05, 3.63) is 89.3 Å². The molecule has 0 aliphatic carbocycles. The van der Waals surface area contributed by atoms with Crippen molar-refractivity contribution in [1.29, 1.82) is 0 Å². The van der Waals surface area contributed by atoms with Gasteiger partial charge in [-0.1, -0.05) is 67.6 Å². The van der Waals surface area contributed by atoms with Crippen LogP contribution in [0, 0.1) is 23.4 Å². The van der Waals surface area contributed by atoms with Crippen molar-refractivity contribution in [2.75, 3.05) is 13.2 Å². The maximum atomic E-state index is 14.8. The van der Waals surface area contributed by atoms with Crippen molar-refractivity contribution in [1.82, 2.24) is 0 Å². The van der Waals surface area contributed by atoms with E-state index < -0.39 is 11.6 Å². The summed E-state index contributed by atoms with van der Waals surface area (Å²) in [5.41, 5.74) is 2.83. The molecule has 2 aliphatic rings. The quantitative estimate of drug-likeness (QED) is 0.380. The van der Waals surface area contributed by atoms with Crippen LogP contribution in [0.25, 0.3) is 28.3 Å². The van der Waals surface area contributed by atoms with Gasteiger partial charge < -0.3 is 9.47 Å². The molecule has 0 bridgehead atoms. The maximum absolute atomic E-state index is 14.8. The molecule has 170 valence electrons. The molecule has 0 saturated carbocycles. The second kappa shape index (κ2) is 9.16. The lowest BCUT2D eigenvalue weighted by molar-refractivity contribution is 0.0169. The second-order valence-corrected chi connectivity index (χ2v) is 8.88. The Kier molecular flexibility index (Phi) is 6.09. The van der Waals surface area contributed by atoms with Gasteiger partial charge >= 0.3 is 0 Å². The van der Waals surface area contributed by atoms with Gasteiger partial charge in [0.1, 0.15) is 11.9 Å². The topological polar surface area (TPSA) is 21.8 Å². The highest BCUT2D eigenvalue weighted by molar-refractivity contribution is 5.72. The van der Waals surface area contributed by atoms with Crippen molar-refractivity contribution in [3.63, 3.8) is 0 Å². The molecule has 3 aromatic carbocycles. The lowest BCUT2D eigenvalue weighted by atomic mass is 9.97. The first kappa shape index (κ1) is 21.9. The van der Waals surface area contributed by atoms with Crippen LogP contribution in [0.2, 0.25) is 0 Å². The summed E-state index contributed by atoms with van der Waals surface area (Å²) < 4.78 is 54.6. The summed E-state index contributed by atoms with van der Waals surface area (Å²) in [4.78, 5) is 0. The fraction of sp³-hybridized carbons (Fsp3) is 0.286.